The van der Waals surface area contributed by atoms with Gasteiger partial charge in [0.1, 0.15) is 5.75 Å². The summed E-state index contributed by atoms with van der Waals surface area (Å²) in [6, 6.07) is 9.75. The maximum Gasteiger partial charge on any atom is 0.187 e. The Hall–Kier alpha value is -1.33. The summed E-state index contributed by atoms with van der Waals surface area (Å²) in [5.74, 6) is 1.27. The van der Waals surface area contributed by atoms with Crippen LogP contribution in [0.25, 0.3) is 0 Å². The molecule has 1 heterocycles. The topological polar surface area (TPSA) is 60.2 Å². The van der Waals surface area contributed by atoms with E-state index in [0.717, 1.165) is 4.88 Å². The Morgan fingerprint density at radius 3 is 2.38 bits per heavy atom. The molecule has 5 heteroatoms. The van der Waals surface area contributed by atoms with Gasteiger partial charge in [0.2, 0.25) is 0 Å². The fraction of sp³-hybridized carbons (Fsp3) is 0. The molecule has 0 aliphatic heterocycles. The molecule has 0 unspecified atom stereocenters. The Morgan fingerprint density at radius 2 is 1.81 bits per heavy atom. The van der Waals surface area contributed by atoms with Crippen LogP contribution < -0.4 is 5.73 Å². The van der Waals surface area contributed by atoms with Crippen LogP contribution in [0, 0.1) is 5.75 Å². The average molecular weight is 252 g/mol. The first-order valence-electron chi connectivity index (χ1n) is 4.57. The Kier molecular flexibility index (Phi) is 2.98. The lowest BCUT2D eigenvalue weighted by Crippen LogP contribution is -2.01. The highest BCUT2D eigenvalue weighted by Gasteiger charge is 2.16. The summed E-state index contributed by atoms with van der Waals surface area (Å²) in [5.41, 5.74) is 6.05. The van der Waals surface area contributed by atoms with Crippen LogP contribution in [0.2, 0.25) is 0 Å². The summed E-state index contributed by atoms with van der Waals surface area (Å²) < 4.78 is 23.8. The van der Waals surface area contributed by atoms with Gasteiger partial charge in [-0.05, 0) is 35.7 Å². The molecule has 83 valence electrons. The molecule has 0 fully saturated rings. The number of sulfone groups is 1. The van der Waals surface area contributed by atoms with Crippen molar-refractivity contribution in [3.05, 3.63) is 52.4 Å². The van der Waals surface area contributed by atoms with Crippen molar-refractivity contribution < 1.29 is 8.42 Å². The minimum Gasteiger partial charge on any atom is -0.399 e. The second kappa shape index (κ2) is 4.27. The van der Waals surface area contributed by atoms with Crippen LogP contribution in [-0.4, -0.2) is 8.42 Å². The van der Waals surface area contributed by atoms with Crippen molar-refractivity contribution in [2.75, 3.05) is 5.73 Å². The zero-order valence-electron chi connectivity index (χ0n) is 8.33. The van der Waals surface area contributed by atoms with Gasteiger partial charge >= 0.3 is 0 Å². The average Bonchev–Trinajstić information content (AvgIpc) is 2.70. The SMILES string of the molecule is Nc1ccc(S(=O)(=O)[CH]c2cccs2)cc1. The molecule has 0 atom stereocenters. The van der Waals surface area contributed by atoms with Gasteiger partial charge in [-0.2, -0.15) is 0 Å². The molecule has 2 rings (SSSR count). The maximum absolute atomic E-state index is 11.9. The van der Waals surface area contributed by atoms with Gasteiger partial charge in [0, 0.05) is 10.6 Å². The molecule has 1 aromatic heterocycles. The van der Waals surface area contributed by atoms with Crippen molar-refractivity contribution in [3.63, 3.8) is 0 Å². The molecule has 0 amide bonds. The van der Waals surface area contributed by atoms with Crippen molar-refractivity contribution in [1.82, 2.24) is 0 Å². The van der Waals surface area contributed by atoms with Crippen LogP contribution in [-0.2, 0) is 9.84 Å². The molecule has 1 aromatic carbocycles. The van der Waals surface area contributed by atoms with E-state index < -0.39 is 9.84 Å². The standard InChI is InChI=1S/C11H10NO2S2/c12-9-3-5-11(6-4-9)16(13,14)8-10-2-1-7-15-10/h1-8H,12H2. The van der Waals surface area contributed by atoms with Crippen molar-refractivity contribution in [1.29, 1.82) is 0 Å². The summed E-state index contributed by atoms with van der Waals surface area (Å²) in [5, 5.41) is 1.84. The van der Waals surface area contributed by atoms with Crippen LogP contribution in [0.1, 0.15) is 4.88 Å². The summed E-state index contributed by atoms with van der Waals surface area (Å²) >= 11 is 1.39. The largest absolute Gasteiger partial charge is 0.399 e. The highest BCUT2D eigenvalue weighted by Crippen LogP contribution is 2.21. The molecule has 0 bridgehead atoms. The zero-order chi connectivity index (χ0) is 11.6. The number of nitrogen functional groups attached to an aromatic ring is 1. The van der Waals surface area contributed by atoms with E-state index in [1.54, 1.807) is 18.2 Å². The second-order valence-corrected chi connectivity index (χ2v) is 6.02. The third-order valence-corrected chi connectivity index (χ3v) is 4.49. The number of anilines is 1. The maximum atomic E-state index is 11.9. The van der Waals surface area contributed by atoms with Gasteiger partial charge in [0.15, 0.2) is 9.84 Å². The Balaban J connectivity index is 2.29. The molecule has 0 saturated carbocycles. The lowest BCUT2D eigenvalue weighted by molar-refractivity contribution is 0.602. The smallest absolute Gasteiger partial charge is 0.187 e. The molecule has 2 N–H and O–H groups in total. The highest BCUT2D eigenvalue weighted by atomic mass is 32.2. The molecule has 1 radical (unpaired) electrons. The number of hydrogen-bond acceptors (Lipinski definition) is 4. The molecule has 0 aliphatic carbocycles. The van der Waals surface area contributed by atoms with Gasteiger partial charge in [-0.15, -0.1) is 11.3 Å². The van der Waals surface area contributed by atoms with Crippen molar-refractivity contribution in [2.45, 2.75) is 4.90 Å². The molecule has 16 heavy (non-hydrogen) atoms. The molecule has 0 aliphatic rings. The predicted molar refractivity (Wildman–Crippen MR) is 65.8 cm³/mol. The van der Waals surface area contributed by atoms with E-state index >= 15 is 0 Å². The molecule has 0 spiro atoms. The van der Waals surface area contributed by atoms with Gasteiger partial charge < -0.3 is 5.73 Å². The van der Waals surface area contributed by atoms with Gasteiger partial charge in [0.25, 0.3) is 0 Å². The van der Waals surface area contributed by atoms with Crippen molar-refractivity contribution in [3.8, 4) is 0 Å². The second-order valence-electron chi connectivity index (χ2n) is 3.25. The van der Waals surface area contributed by atoms with E-state index in [2.05, 4.69) is 0 Å². The third-order valence-electron chi connectivity index (χ3n) is 2.02. The van der Waals surface area contributed by atoms with Crippen LogP contribution >= 0.6 is 11.3 Å². The molecular weight excluding hydrogens is 242 g/mol. The summed E-state index contributed by atoms with van der Waals surface area (Å²) in [7, 11) is -3.37. The first kappa shape index (κ1) is 11.2. The van der Waals surface area contributed by atoms with E-state index in [1.807, 2.05) is 11.4 Å². The monoisotopic (exact) mass is 252 g/mol. The van der Waals surface area contributed by atoms with Gasteiger partial charge in [-0.3, -0.25) is 0 Å². The van der Waals surface area contributed by atoms with E-state index in [9.17, 15) is 8.42 Å². The van der Waals surface area contributed by atoms with Crippen LogP contribution in [0.15, 0.2) is 46.7 Å². The number of benzene rings is 1. The summed E-state index contributed by atoms with van der Waals surface area (Å²) in [6.07, 6.45) is 0. The summed E-state index contributed by atoms with van der Waals surface area (Å²) in [4.78, 5) is 0.979. The lowest BCUT2D eigenvalue weighted by atomic mass is 10.3. The fourth-order valence-corrected chi connectivity index (χ4v) is 3.35. The fourth-order valence-electron chi connectivity index (χ4n) is 1.24. The van der Waals surface area contributed by atoms with Crippen molar-refractivity contribution in [2.24, 2.45) is 0 Å². The van der Waals surface area contributed by atoms with Gasteiger partial charge in [0.05, 0.1) is 4.90 Å². The minimum atomic E-state index is -3.37. The number of thiophene rings is 1. The van der Waals surface area contributed by atoms with Gasteiger partial charge in [-0.1, -0.05) is 6.07 Å². The predicted octanol–water partition coefficient (Wildman–Crippen LogP) is 2.31. The molecule has 0 saturated heterocycles. The van der Waals surface area contributed by atoms with Crippen LogP contribution in [0.5, 0.6) is 0 Å². The Bertz CT molecular complexity index is 557. The molecule has 3 nitrogen and oxygen atoms in total. The van der Waals surface area contributed by atoms with E-state index in [-0.39, 0.29) is 4.90 Å². The minimum absolute atomic E-state index is 0.259. The zero-order valence-corrected chi connectivity index (χ0v) is 9.96. The van der Waals surface area contributed by atoms with E-state index in [0.29, 0.717) is 5.69 Å². The normalized spacial score (nSPS) is 11.5. The Labute approximate surface area is 98.5 Å². The molecule has 2 aromatic rings. The number of nitrogens with two attached hydrogens (primary N) is 1. The molecular formula is C11H10NO2S2. The number of rotatable bonds is 3. The van der Waals surface area contributed by atoms with Crippen LogP contribution in [0.4, 0.5) is 5.69 Å². The van der Waals surface area contributed by atoms with Crippen LogP contribution in [0.3, 0.4) is 0 Å². The van der Waals surface area contributed by atoms with Gasteiger partial charge in [-0.25, -0.2) is 8.42 Å². The summed E-state index contributed by atoms with van der Waals surface area (Å²) in [6.45, 7) is 0. The highest BCUT2D eigenvalue weighted by molar-refractivity contribution is 7.93. The van der Waals surface area contributed by atoms with Crippen molar-refractivity contribution >= 4 is 26.9 Å². The Morgan fingerprint density at radius 1 is 1.12 bits per heavy atom. The lowest BCUT2D eigenvalue weighted by Gasteiger charge is -2.02. The first-order valence-corrected chi connectivity index (χ1v) is 6.99. The number of hydrogen-bond donors (Lipinski definition) is 1. The van der Waals surface area contributed by atoms with E-state index in [4.69, 9.17) is 5.73 Å². The third kappa shape index (κ3) is 2.43. The van der Waals surface area contributed by atoms with E-state index in [1.165, 1.54) is 29.2 Å². The quantitative estimate of drug-likeness (QED) is 0.853. The first-order chi connectivity index (χ1) is 7.58.